The molecule has 0 bridgehead atoms. The number of aryl methyl sites for hydroxylation is 1. The molecule has 0 atom stereocenters. The fourth-order valence-electron chi connectivity index (χ4n) is 4.03. The molecule has 0 saturated carbocycles. The largest absolute Gasteiger partial charge is 0.487 e. The Kier molecular flexibility index (Phi) is 7.33. The van der Waals surface area contributed by atoms with Crippen molar-refractivity contribution in [1.29, 1.82) is 0 Å². The molecule has 36 heavy (non-hydrogen) atoms. The third kappa shape index (κ3) is 4.94. The molecule has 5 nitrogen and oxygen atoms in total. The maximum atomic E-state index is 14.2. The smallest absolute Gasteiger partial charge is 0.341 e. The number of carboxylic acids is 1. The number of para-hydroxylation sites is 1. The lowest BCUT2D eigenvalue weighted by Crippen LogP contribution is -2.09. The van der Waals surface area contributed by atoms with Crippen molar-refractivity contribution in [2.45, 2.75) is 33.3 Å². The number of carboxylic acid groups (broad SMARTS) is 1. The molecule has 0 spiro atoms. The van der Waals surface area contributed by atoms with Crippen LogP contribution in [0.1, 0.15) is 46.9 Å². The Morgan fingerprint density at radius 1 is 1.08 bits per heavy atom. The van der Waals surface area contributed by atoms with Gasteiger partial charge in [-0.25, -0.2) is 18.3 Å². The summed E-state index contributed by atoms with van der Waals surface area (Å²) >= 11 is 12.8. The van der Waals surface area contributed by atoms with Crippen molar-refractivity contribution < 1.29 is 23.4 Å². The Labute approximate surface area is 216 Å². The van der Waals surface area contributed by atoms with Crippen molar-refractivity contribution in [1.82, 2.24) is 9.78 Å². The van der Waals surface area contributed by atoms with Crippen LogP contribution < -0.4 is 4.74 Å². The molecular weight excluding hydrogens is 509 g/mol. The number of hydrogen-bond donors (Lipinski definition) is 1. The van der Waals surface area contributed by atoms with Gasteiger partial charge in [-0.05, 0) is 71.5 Å². The van der Waals surface area contributed by atoms with Gasteiger partial charge in [0.2, 0.25) is 0 Å². The second-order valence-corrected chi connectivity index (χ2v) is 9.38. The summed E-state index contributed by atoms with van der Waals surface area (Å²) in [5, 5.41) is 14.4. The zero-order valence-electron chi connectivity index (χ0n) is 19.7. The standard InChI is InChI=1S/C27H22Cl2F2N2O3/c1-14(2)19-12-32-33(26-20(28)5-4-6-21(26)29)24(19)13-36-17-7-8-18(15(3)9-17)16-10-22(30)25(27(34)35)23(31)11-16/h4-12,14H,13H2,1-3H3,(H,34,35). The van der Waals surface area contributed by atoms with E-state index in [4.69, 9.17) is 33.0 Å². The van der Waals surface area contributed by atoms with E-state index in [1.807, 2.05) is 13.8 Å². The monoisotopic (exact) mass is 530 g/mol. The van der Waals surface area contributed by atoms with Crippen LogP contribution in [-0.2, 0) is 6.61 Å². The molecular formula is C27H22Cl2F2N2O3. The van der Waals surface area contributed by atoms with Crippen molar-refractivity contribution in [3.05, 3.63) is 98.8 Å². The van der Waals surface area contributed by atoms with Crippen molar-refractivity contribution in [3.8, 4) is 22.6 Å². The van der Waals surface area contributed by atoms with Crippen LogP contribution in [0.4, 0.5) is 8.78 Å². The van der Waals surface area contributed by atoms with Crippen LogP contribution in [0.3, 0.4) is 0 Å². The predicted octanol–water partition coefficient (Wildman–Crippen LogP) is 7.83. The molecule has 4 rings (SSSR count). The maximum absolute atomic E-state index is 14.2. The van der Waals surface area contributed by atoms with Crippen molar-refractivity contribution in [2.24, 2.45) is 0 Å². The minimum absolute atomic E-state index is 0.168. The first kappa shape index (κ1) is 25.7. The Bertz CT molecular complexity index is 1420. The minimum atomic E-state index is -1.66. The Balaban J connectivity index is 1.64. The number of aromatic carboxylic acids is 1. The number of halogens is 4. The fraction of sp³-hybridized carbons (Fsp3) is 0.185. The maximum Gasteiger partial charge on any atom is 0.341 e. The van der Waals surface area contributed by atoms with E-state index in [2.05, 4.69) is 5.10 Å². The summed E-state index contributed by atoms with van der Waals surface area (Å²) in [5.41, 5.74) is 2.82. The van der Waals surface area contributed by atoms with Gasteiger partial charge in [-0.2, -0.15) is 5.10 Å². The zero-order chi connectivity index (χ0) is 26.1. The van der Waals surface area contributed by atoms with Gasteiger partial charge < -0.3 is 9.84 Å². The average molecular weight is 531 g/mol. The quantitative estimate of drug-likeness (QED) is 0.264. The highest BCUT2D eigenvalue weighted by Crippen LogP contribution is 2.33. The SMILES string of the molecule is Cc1cc(OCc2c(C(C)C)cnn2-c2c(Cl)cccc2Cl)ccc1-c1cc(F)c(C(=O)O)c(F)c1. The van der Waals surface area contributed by atoms with E-state index in [9.17, 15) is 13.6 Å². The second kappa shape index (κ2) is 10.3. The molecule has 3 aromatic carbocycles. The number of hydrogen-bond acceptors (Lipinski definition) is 3. The van der Waals surface area contributed by atoms with E-state index in [1.165, 1.54) is 0 Å². The molecule has 4 aromatic rings. The molecule has 0 amide bonds. The third-order valence-electron chi connectivity index (χ3n) is 5.81. The predicted molar refractivity (Wildman–Crippen MR) is 135 cm³/mol. The van der Waals surface area contributed by atoms with Crippen LogP contribution in [-0.4, -0.2) is 20.9 Å². The van der Waals surface area contributed by atoms with Gasteiger partial charge in [-0.1, -0.05) is 49.2 Å². The highest BCUT2D eigenvalue weighted by molar-refractivity contribution is 6.37. The van der Waals surface area contributed by atoms with Gasteiger partial charge in [0.25, 0.3) is 0 Å². The molecule has 1 N–H and O–H groups in total. The van der Waals surface area contributed by atoms with Crippen LogP contribution >= 0.6 is 23.2 Å². The van der Waals surface area contributed by atoms with Crippen LogP contribution in [0.25, 0.3) is 16.8 Å². The summed E-state index contributed by atoms with van der Waals surface area (Å²) in [5.74, 6) is -3.22. The van der Waals surface area contributed by atoms with Crippen molar-refractivity contribution in [3.63, 3.8) is 0 Å². The molecule has 0 unspecified atom stereocenters. The second-order valence-electron chi connectivity index (χ2n) is 8.57. The topological polar surface area (TPSA) is 64.4 Å². The van der Waals surface area contributed by atoms with Gasteiger partial charge >= 0.3 is 5.97 Å². The summed E-state index contributed by atoms with van der Waals surface area (Å²) in [6, 6.07) is 12.4. The highest BCUT2D eigenvalue weighted by Gasteiger charge is 2.21. The van der Waals surface area contributed by atoms with E-state index in [0.717, 1.165) is 23.4 Å². The zero-order valence-corrected chi connectivity index (χ0v) is 21.2. The molecule has 0 radical (unpaired) electrons. The van der Waals surface area contributed by atoms with Crippen LogP contribution in [0.15, 0.2) is 54.7 Å². The number of rotatable bonds is 7. The first-order chi connectivity index (χ1) is 17.1. The van der Waals surface area contributed by atoms with E-state index in [0.29, 0.717) is 32.6 Å². The van der Waals surface area contributed by atoms with Gasteiger partial charge in [0.05, 0.1) is 21.9 Å². The normalized spacial score (nSPS) is 11.2. The van der Waals surface area contributed by atoms with Crippen molar-refractivity contribution in [2.75, 3.05) is 0 Å². The number of benzene rings is 3. The Morgan fingerprint density at radius 2 is 1.72 bits per heavy atom. The van der Waals surface area contributed by atoms with Crippen LogP contribution in [0, 0.1) is 18.6 Å². The van der Waals surface area contributed by atoms with E-state index < -0.39 is 23.2 Å². The summed E-state index contributed by atoms with van der Waals surface area (Å²) < 4.78 is 36.2. The minimum Gasteiger partial charge on any atom is -0.487 e. The fourth-order valence-corrected chi connectivity index (χ4v) is 4.59. The molecule has 0 saturated heterocycles. The number of carbonyl (C=O) groups is 1. The number of ether oxygens (including phenoxy) is 1. The van der Waals surface area contributed by atoms with Crippen LogP contribution in [0.5, 0.6) is 5.75 Å². The van der Waals surface area contributed by atoms with Crippen molar-refractivity contribution >= 4 is 29.2 Å². The van der Waals surface area contributed by atoms with Gasteiger partial charge in [-0.3, -0.25) is 0 Å². The van der Waals surface area contributed by atoms with E-state index in [1.54, 1.807) is 54.2 Å². The summed E-state index contributed by atoms with van der Waals surface area (Å²) in [4.78, 5) is 11.1. The Hall–Kier alpha value is -3.42. The summed E-state index contributed by atoms with van der Waals surface area (Å²) in [6.45, 7) is 6.04. The molecule has 9 heteroatoms. The van der Waals surface area contributed by atoms with E-state index in [-0.39, 0.29) is 18.1 Å². The molecule has 1 heterocycles. The first-order valence-corrected chi connectivity index (χ1v) is 11.8. The number of aromatic nitrogens is 2. The summed E-state index contributed by atoms with van der Waals surface area (Å²) in [6.07, 6.45) is 1.77. The third-order valence-corrected chi connectivity index (χ3v) is 6.42. The van der Waals surface area contributed by atoms with E-state index >= 15 is 0 Å². The molecule has 0 aliphatic carbocycles. The highest BCUT2D eigenvalue weighted by atomic mass is 35.5. The summed E-state index contributed by atoms with van der Waals surface area (Å²) in [7, 11) is 0. The lowest BCUT2D eigenvalue weighted by atomic mass is 9.98. The van der Waals surface area contributed by atoms with Crippen LogP contribution in [0.2, 0.25) is 10.0 Å². The molecule has 1 aromatic heterocycles. The molecule has 0 aliphatic rings. The lowest BCUT2D eigenvalue weighted by molar-refractivity contribution is 0.0686. The molecule has 0 aliphatic heterocycles. The number of nitrogens with zero attached hydrogens (tertiary/aromatic N) is 2. The molecule has 0 fully saturated rings. The first-order valence-electron chi connectivity index (χ1n) is 11.1. The van der Waals surface area contributed by atoms with Gasteiger partial charge in [0.1, 0.15) is 35.2 Å². The van der Waals surface area contributed by atoms with Gasteiger partial charge in [-0.15, -0.1) is 0 Å². The van der Waals surface area contributed by atoms with Gasteiger partial charge in [0, 0.05) is 0 Å². The molecule has 186 valence electrons. The lowest BCUT2D eigenvalue weighted by Gasteiger charge is -2.16. The average Bonchev–Trinajstić information content (AvgIpc) is 3.20. The van der Waals surface area contributed by atoms with Gasteiger partial charge in [0.15, 0.2) is 0 Å². The Morgan fingerprint density at radius 3 is 2.28 bits per heavy atom.